The molecule has 26 heavy (non-hydrogen) atoms. The molecule has 0 saturated heterocycles. The number of carbonyl (C=O) groups is 1. The van der Waals surface area contributed by atoms with Gasteiger partial charge in [0.05, 0.1) is 5.75 Å². The summed E-state index contributed by atoms with van der Waals surface area (Å²) in [6, 6.07) is 18.7. The van der Waals surface area contributed by atoms with Gasteiger partial charge >= 0.3 is 0 Å². The summed E-state index contributed by atoms with van der Waals surface area (Å²) >= 11 is 1.12. The summed E-state index contributed by atoms with van der Waals surface area (Å²) in [4.78, 5) is 12.3. The Balaban J connectivity index is 2.10. The minimum absolute atomic E-state index is 0.0567. The van der Waals surface area contributed by atoms with E-state index in [-0.39, 0.29) is 17.2 Å². The number of aryl methyl sites for hydroxylation is 2. The molecule has 0 fully saturated rings. The molecule has 0 aliphatic heterocycles. The van der Waals surface area contributed by atoms with E-state index in [1.54, 1.807) is 0 Å². The smallest absolute Gasteiger partial charge is 0.234 e. The van der Waals surface area contributed by atoms with Crippen LogP contribution in [0, 0.1) is 36.5 Å². The predicted octanol–water partition coefficient (Wildman–Crippen LogP) is 4.35. The van der Waals surface area contributed by atoms with Gasteiger partial charge in [0.25, 0.3) is 0 Å². The van der Waals surface area contributed by atoms with Crippen LogP contribution in [0.25, 0.3) is 0 Å². The Morgan fingerprint density at radius 1 is 0.962 bits per heavy atom. The van der Waals surface area contributed by atoms with Crippen LogP contribution in [0.2, 0.25) is 0 Å². The Bertz CT molecular complexity index is 871. The molecule has 130 valence electrons. The molecule has 2 aromatic carbocycles. The van der Waals surface area contributed by atoms with Crippen LogP contribution in [0.5, 0.6) is 0 Å². The topological polar surface area (TPSA) is 88.7 Å². The van der Waals surface area contributed by atoms with Crippen LogP contribution in [0.1, 0.15) is 11.1 Å². The van der Waals surface area contributed by atoms with Crippen molar-refractivity contribution in [2.24, 2.45) is 0 Å². The summed E-state index contributed by atoms with van der Waals surface area (Å²) in [5, 5.41) is 24.6. The first-order valence-electron chi connectivity index (χ1n) is 7.90. The van der Waals surface area contributed by atoms with Crippen LogP contribution in [0.3, 0.4) is 0 Å². The van der Waals surface area contributed by atoms with Crippen molar-refractivity contribution in [2.75, 3.05) is 16.4 Å². The number of hydrogen-bond acceptors (Lipinski definition) is 5. The summed E-state index contributed by atoms with van der Waals surface area (Å²) < 4.78 is 0. The molecule has 0 radical (unpaired) electrons. The van der Waals surface area contributed by atoms with E-state index in [0.717, 1.165) is 34.3 Å². The summed E-state index contributed by atoms with van der Waals surface area (Å²) in [5.74, 6) is -0.120. The fourth-order valence-corrected chi connectivity index (χ4v) is 3.05. The number of nitrogens with zero attached hydrogens (tertiary/aromatic N) is 2. The number of thioether (sulfide) groups is 1. The van der Waals surface area contributed by atoms with Gasteiger partial charge in [-0.05, 0) is 37.1 Å². The van der Waals surface area contributed by atoms with Gasteiger partial charge in [-0.2, -0.15) is 10.5 Å². The van der Waals surface area contributed by atoms with Gasteiger partial charge in [-0.25, -0.2) is 0 Å². The lowest BCUT2D eigenvalue weighted by Crippen LogP contribution is -2.16. The third-order valence-electron chi connectivity index (χ3n) is 3.58. The Labute approximate surface area is 157 Å². The number of carbonyl (C=O) groups excluding carboxylic acids is 1. The Morgan fingerprint density at radius 3 is 2.15 bits per heavy atom. The number of para-hydroxylation sites is 2. The maximum atomic E-state index is 12.3. The highest BCUT2D eigenvalue weighted by Gasteiger charge is 2.12. The highest BCUT2D eigenvalue weighted by atomic mass is 32.2. The molecule has 0 aliphatic rings. The molecule has 6 heteroatoms. The number of amides is 1. The molecule has 0 aliphatic carbocycles. The van der Waals surface area contributed by atoms with Crippen LogP contribution < -0.4 is 10.6 Å². The van der Waals surface area contributed by atoms with E-state index >= 15 is 0 Å². The largest absolute Gasteiger partial charge is 0.349 e. The van der Waals surface area contributed by atoms with Crippen LogP contribution in [-0.2, 0) is 4.79 Å². The van der Waals surface area contributed by atoms with E-state index < -0.39 is 0 Å². The van der Waals surface area contributed by atoms with Crippen molar-refractivity contribution in [3.8, 4) is 12.1 Å². The minimum Gasteiger partial charge on any atom is -0.349 e. The molecule has 0 aromatic heterocycles. The van der Waals surface area contributed by atoms with Crippen LogP contribution >= 0.6 is 11.8 Å². The number of benzene rings is 2. The van der Waals surface area contributed by atoms with Crippen molar-refractivity contribution >= 4 is 29.0 Å². The highest BCUT2D eigenvalue weighted by molar-refractivity contribution is 8.03. The number of allylic oxidation sites excluding steroid dienone is 1. The van der Waals surface area contributed by atoms with E-state index in [1.807, 2.05) is 74.5 Å². The van der Waals surface area contributed by atoms with Crippen molar-refractivity contribution in [2.45, 2.75) is 13.8 Å². The number of rotatable bonds is 6. The van der Waals surface area contributed by atoms with E-state index in [2.05, 4.69) is 10.6 Å². The van der Waals surface area contributed by atoms with Crippen LogP contribution in [-0.4, -0.2) is 11.7 Å². The molecule has 0 spiro atoms. The molecule has 0 unspecified atom stereocenters. The van der Waals surface area contributed by atoms with Gasteiger partial charge in [-0.15, -0.1) is 0 Å². The molecule has 2 N–H and O–H groups in total. The predicted molar refractivity (Wildman–Crippen MR) is 105 cm³/mol. The molecule has 0 heterocycles. The van der Waals surface area contributed by atoms with Crippen LogP contribution in [0.15, 0.2) is 59.1 Å². The second kappa shape index (κ2) is 9.31. The average molecular weight is 362 g/mol. The van der Waals surface area contributed by atoms with Crippen molar-refractivity contribution in [1.82, 2.24) is 0 Å². The SMILES string of the molecule is Cc1cccc(C)c1NC(=O)CSC(Nc1ccccc1)=C(C#N)C#N. The van der Waals surface area contributed by atoms with Gasteiger partial charge in [-0.1, -0.05) is 48.2 Å². The van der Waals surface area contributed by atoms with E-state index in [4.69, 9.17) is 10.5 Å². The third kappa shape index (κ3) is 5.14. The molecule has 1 amide bonds. The standard InChI is InChI=1S/C20H18N4OS/c1-14-7-6-8-15(2)19(14)24-18(25)13-26-20(16(11-21)12-22)23-17-9-4-3-5-10-17/h3-10,23H,13H2,1-2H3,(H,24,25). The Morgan fingerprint density at radius 2 is 1.58 bits per heavy atom. The molecular weight excluding hydrogens is 344 g/mol. The second-order valence-electron chi connectivity index (χ2n) is 5.52. The minimum atomic E-state index is -0.199. The Kier molecular flexibility index (Phi) is 6.84. The molecule has 5 nitrogen and oxygen atoms in total. The van der Waals surface area contributed by atoms with Crippen LogP contribution in [0.4, 0.5) is 11.4 Å². The zero-order chi connectivity index (χ0) is 18.9. The molecule has 0 atom stereocenters. The fourth-order valence-electron chi connectivity index (χ4n) is 2.27. The van der Waals surface area contributed by atoms with Gasteiger partial charge < -0.3 is 10.6 Å². The normalized spacial score (nSPS) is 9.54. The molecule has 2 rings (SSSR count). The van der Waals surface area contributed by atoms with Crippen molar-refractivity contribution in [3.05, 3.63) is 70.3 Å². The summed E-state index contributed by atoms with van der Waals surface area (Å²) in [7, 11) is 0. The van der Waals surface area contributed by atoms with E-state index in [0.29, 0.717) is 5.03 Å². The monoisotopic (exact) mass is 362 g/mol. The lowest BCUT2D eigenvalue weighted by molar-refractivity contribution is -0.113. The van der Waals surface area contributed by atoms with Gasteiger partial charge in [0, 0.05) is 11.4 Å². The molecule has 0 bridgehead atoms. The zero-order valence-electron chi connectivity index (χ0n) is 14.5. The van der Waals surface area contributed by atoms with Crippen molar-refractivity contribution in [3.63, 3.8) is 0 Å². The maximum Gasteiger partial charge on any atom is 0.234 e. The third-order valence-corrected chi connectivity index (χ3v) is 4.58. The lowest BCUT2D eigenvalue weighted by Gasteiger charge is -2.13. The second-order valence-corrected chi connectivity index (χ2v) is 6.51. The highest BCUT2D eigenvalue weighted by Crippen LogP contribution is 2.24. The van der Waals surface area contributed by atoms with Gasteiger partial charge in [0.1, 0.15) is 17.2 Å². The summed E-state index contributed by atoms with van der Waals surface area (Å²) in [6.45, 7) is 3.86. The summed E-state index contributed by atoms with van der Waals surface area (Å²) in [5.41, 5.74) is 3.44. The molecule has 0 saturated carbocycles. The van der Waals surface area contributed by atoms with Gasteiger partial charge in [-0.3, -0.25) is 4.79 Å². The lowest BCUT2D eigenvalue weighted by atomic mass is 10.1. The number of anilines is 2. The Hall–Kier alpha value is -3.22. The fraction of sp³-hybridized carbons (Fsp3) is 0.150. The maximum absolute atomic E-state index is 12.3. The molecule has 2 aromatic rings. The van der Waals surface area contributed by atoms with E-state index in [1.165, 1.54) is 0 Å². The number of hydrogen-bond donors (Lipinski definition) is 2. The first kappa shape index (κ1) is 19.1. The van der Waals surface area contributed by atoms with Crippen molar-refractivity contribution in [1.29, 1.82) is 10.5 Å². The zero-order valence-corrected chi connectivity index (χ0v) is 15.4. The summed E-state index contributed by atoms with van der Waals surface area (Å²) in [6.07, 6.45) is 0. The quantitative estimate of drug-likeness (QED) is 0.746. The molecular formula is C20H18N4OS. The van der Waals surface area contributed by atoms with Gasteiger partial charge in [0.2, 0.25) is 5.91 Å². The number of nitriles is 2. The first-order valence-corrected chi connectivity index (χ1v) is 8.89. The van der Waals surface area contributed by atoms with Crippen molar-refractivity contribution < 1.29 is 4.79 Å². The first-order chi connectivity index (χ1) is 12.5. The van der Waals surface area contributed by atoms with E-state index in [9.17, 15) is 4.79 Å². The average Bonchev–Trinajstić information content (AvgIpc) is 2.64. The number of nitrogens with one attached hydrogen (secondary N) is 2. The van der Waals surface area contributed by atoms with Gasteiger partial charge in [0.15, 0.2) is 5.57 Å².